The minimum absolute atomic E-state index is 0.886. The van der Waals surface area contributed by atoms with Crippen LogP contribution in [0.2, 0.25) is 0 Å². The predicted octanol–water partition coefficient (Wildman–Crippen LogP) is 1.96. The number of fused-ring (bicyclic) bond motifs is 1. The number of likely N-dealkylation sites (tertiary alicyclic amines) is 1. The van der Waals surface area contributed by atoms with Gasteiger partial charge in [0, 0.05) is 13.1 Å². The standard InChI is InChI=1S/C12H15N/c1-13-7-10-11(8-13)12(10)9-5-3-2-4-6-9/h2-6,10-12H,7-8H2,1H3. The van der Waals surface area contributed by atoms with Crippen LogP contribution < -0.4 is 0 Å². The monoisotopic (exact) mass is 173 g/mol. The first-order chi connectivity index (χ1) is 6.36. The average molecular weight is 173 g/mol. The SMILES string of the molecule is CN1CC2C(C1)C2c1ccccc1. The normalized spacial score (nSPS) is 37.5. The van der Waals surface area contributed by atoms with Crippen LogP contribution in [0.3, 0.4) is 0 Å². The van der Waals surface area contributed by atoms with Crippen LogP contribution in [0.4, 0.5) is 0 Å². The fourth-order valence-corrected chi connectivity index (χ4v) is 2.91. The molecule has 1 saturated carbocycles. The third-order valence-electron chi connectivity index (χ3n) is 3.56. The van der Waals surface area contributed by atoms with Crippen molar-refractivity contribution in [2.45, 2.75) is 5.92 Å². The topological polar surface area (TPSA) is 3.24 Å². The molecule has 68 valence electrons. The van der Waals surface area contributed by atoms with Crippen LogP contribution in [-0.2, 0) is 0 Å². The van der Waals surface area contributed by atoms with E-state index in [2.05, 4.69) is 42.3 Å². The van der Waals surface area contributed by atoms with Crippen molar-refractivity contribution < 1.29 is 0 Å². The number of hydrogen-bond acceptors (Lipinski definition) is 1. The van der Waals surface area contributed by atoms with Gasteiger partial charge in [-0.15, -0.1) is 0 Å². The van der Waals surface area contributed by atoms with Crippen LogP contribution in [-0.4, -0.2) is 25.0 Å². The van der Waals surface area contributed by atoms with Crippen molar-refractivity contribution in [3.63, 3.8) is 0 Å². The molecule has 0 amide bonds. The molecule has 3 rings (SSSR count). The lowest BCUT2D eigenvalue weighted by Gasteiger charge is -2.12. The molecule has 1 heteroatoms. The number of piperidine rings is 1. The summed E-state index contributed by atoms with van der Waals surface area (Å²) in [5.41, 5.74) is 1.56. The molecular weight excluding hydrogens is 158 g/mol. The molecule has 0 spiro atoms. The second-order valence-corrected chi connectivity index (χ2v) is 4.49. The van der Waals surface area contributed by atoms with Gasteiger partial charge in [-0.25, -0.2) is 0 Å². The van der Waals surface area contributed by atoms with Crippen LogP contribution in [0.1, 0.15) is 11.5 Å². The van der Waals surface area contributed by atoms with Crippen LogP contribution in [0, 0.1) is 11.8 Å². The summed E-state index contributed by atoms with van der Waals surface area (Å²) in [5, 5.41) is 0. The summed E-state index contributed by atoms with van der Waals surface area (Å²) in [7, 11) is 2.23. The summed E-state index contributed by atoms with van der Waals surface area (Å²) < 4.78 is 0. The van der Waals surface area contributed by atoms with Crippen LogP contribution >= 0.6 is 0 Å². The van der Waals surface area contributed by atoms with Crippen molar-refractivity contribution in [3.05, 3.63) is 35.9 Å². The Bertz CT molecular complexity index is 294. The molecule has 1 aliphatic heterocycles. The maximum absolute atomic E-state index is 2.45. The lowest BCUT2D eigenvalue weighted by atomic mass is 10.1. The Balaban J connectivity index is 1.79. The van der Waals surface area contributed by atoms with E-state index in [1.807, 2.05) is 0 Å². The molecule has 2 fully saturated rings. The van der Waals surface area contributed by atoms with Gasteiger partial charge in [-0.1, -0.05) is 30.3 Å². The Labute approximate surface area is 79.4 Å². The molecule has 0 radical (unpaired) electrons. The largest absolute Gasteiger partial charge is 0.306 e. The highest BCUT2D eigenvalue weighted by Crippen LogP contribution is 2.57. The van der Waals surface area contributed by atoms with E-state index in [-0.39, 0.29) is 0 Å². The molecule has 0 N–H and O–H groups in total. The van der Waals surface area contributed by atoms with E-state index in [0.29, 0.717) is 0 Å². The molecule has 2 unspecified atom stereocenters. The minimum Gasteiger partial charge on any atom is -0.306 e. The molecule has 2 aliphatic rings. The smallest absolute Gasteiger partial charge is 0.00160 e. The van der Waals surface area contributed by atoms with Crippen molar-refractivity contribution in [1.29, 1.82) is 0 Å². The lowest BCUT2D eigenvalue weighted by molar-refractivity contribution is 0.363. The highest BCUT2D eigenvalue weighted by atomic mass is 15.2. The lowest BCUT2D eigenvalue weighted by Crippen LogP contribution is -2.18. The van der Waals surface area contributed by atoms with E-state index in [9.17, 15) is 0 Å². The Kier molecular flexibility index (Phi) is 1.50. The van der Waals surface area contributed by atoms with Gasteiger partial charge in [0.1, 0.15) is 0 Å². The molecule has 0 aromatic heterocycles. The first-order valence-corrected chi connectivity index (χ1v) is 5.10. The summed E-state index contributed by atoms with van der Waals surface area (Å²) >= 11 is 0. The van der Waals surface area contributed by atoms with Crippen molar-refractivity contribution in [2.24, 2.45) is 11.8 Å². The van der Waals surface area contributed by atoms with Gasteiger partial charge >= 0.3 is 0 Å². The first-order valence-electron chi connectivity index (χ1n) is 5.10. The highest BCUT2D eigenvalue weighted by molar-refractivity contribution is 5.30. The molecule has 1 nitrogen and oxygen atoms in total. The molecule has 1 aliphatic carbocycles. The summed E-state index contributed by atoms with van der Waals surface area (Å²) in [6, 6.07) is 11.0. The van der Waals surface area contributed by atoms with Crippen molar-refractivity contribution in [1.82, 2.24) is 4.90 Å². The summed E-state index contributed by atoms with van der Waals surface area (Å²) in [5.74, 6) is 2.82. The fraction of sp³-hybridized carbons (Fsp3) is 0.500. The van der Waals surface area contributed by atoms with E-state index >= 15 is 0 Å². The number of benzene rings is 1. The molecule has 1 aromatic carbocycles. The molecule has 13 heavy (non-hydrogen) atoms. The maximum Gasteiger partial charge on any atom is 0.00160 e. The van der Waals surface area contributed by atoms with Gasteiger partial charge < -0.3 is 4.90 Å². The van der Waals surface area contributed by atoms with Gasteiger partial charge in [0.15, 0.2) is 0 Å². The Morgan fingerprint density at radius 3 is 2.31 bits per heavy atom. The van der Waals surface area contributed by atoms with E-state index in [4.69, 9.17) is 0 Å². The molecule has 2 atom stereocenters. The van der Waals surface area contributed by atoms with Gasteiger partial charge in [0.25, 0.3) is 0 Å². The zero-order valence-electron chi connectivity index (χ0n) is 7.98. The molecule has 1 saturated heterocycles. The zero-order chi connectivity index (χ0) is 8.84. The third kappa shape index (κ3) is 1.11. The minimum atomic E-state index is 0.886. The highest BCUT2D eigenvalue weighted by Gasteiger charge is 2.54. The Morgan fingerprint density at radius 1 is 1.08 bits per heavy atom. The van der Waals surface area contributed by atoms with Gasteiger partial charge in [-0.3, -0.25) is 0 Å². The number of nitrogens with zero attached hydrogens (tertiary/aromatic N) is 1. The third-order valence-corrected chi connectivity index (χ3v) is 3.56. The van der Waals surface area contributed by atoms with Crippen LogP contribution in [0.5, 0.6) is 0 Å². The van der Waals surface area contributed by atoms with Crippen molar-refractivity contribution in [2.75, 3.05) is 20.1 Å². The maximum atomic E-state index is 2.45. The van der Waals surface area contributed by atoms with Crippen molar-refractivity contribution >= 4 is 0 Å². The van der Waals surface area contributed by atoms with E-state index in [0.717, 1.165) is 17.8 Å². The van der Waals surface area contributed by atoms with Gasteiger partial charge in [-0.2, -0.15) is 0 Å². The summed E-state index contributed by atoms with van der Waals surface area (Å²) in [6.07, 6.45) is 0. The molecule has 0 bridgehead atoms. The molecule has 1 aromatic rings. The van der Waals surface area contributed by atoms with Crippen LogP contribution in [0.25, 0.3) is 0 Å². The summed E-state index contributed by atoms with van der Waals surface area (Å²) in [6.45, 7) is 2.62. The van der Waals surface area contributed by atoms with Crippen LogP contribution in [0.15, 0.2) is 30.3 Å². The second kappa shape index (κ2) is 2.58. The summed E-state index contributed by atoms with van der Waals surface area (Å²) in [4.78, 5) is 2.45. The number of rotatable bonds is 1. The quantitative estimate of drug-likeness (QED) is 0.627. The van der Waals surface area contributed by atoms with Gasteiger partial charge in [0.2, 0.25) is 0 Å². The Hall–Kier alpha value is -0.820. The van der Waals surface area contributed by atoms with E-state index in [1.54, 1.807) is 5.56 Å². The van der Waals surface area contributed by atoms with Crippen molar-refractivity contribution in [3.8, 4) is 0 Å². The molecular formula is C12H15N. The van der Waals surface area contributed by atoms with E-state index < -0.39 is 0 Å². The van der Waals surface area contributed by atoms with E-state index in [1.165, 1.54) is 13.1 Å². The first kappa shape index (κ1) is 7.57. The zero-order valence-corrected chi connectivity index (χ0v) is 7.98. The molecule has 1 heterocycles. The number of hydrogen-bond donors (Lipinski definition) is 0. The van der Waals surface area contributed by atoms with Gasteiger partial charge in [0.05, 0.1) is 0 Å². The predicted molar refractivity (Wildman–Crippen MR) is 53.7 cm³/mol. The average Bonchev–Trinajstić information content (AvgIpc) is 2.66. The Morgan fingerprint density at radius 2 is 1.69 bits per heavy atom. The van der Waals surface area contributed by atoms with Gasteiger partial charge in [-0.05, 0) is 30.4 Å². The fourth-order valence-electron chi connectivity index (χ4n) is 2.91. The second-order valence-electron chi connectivity index (χ2n) is 4.49.